The van der Waals surface area contributed by atoms with Gasteiger partial charge in [0.15, 0.2) is 0 Å². The number of aliphatic hydroxyl groups is 1. The van der Waals surface area contributed by atoms with Gasteiger partial charge in [0.05, 0.1) is 6.61 Å². The molecule has 0 aliphatic carbocycles. The Bertz CT molecular complexity index is 607. The van der Waals surface area contributed by atoms with Gasteiger partial charge >= 0.3 is 5.97 Å². The number of carboxylic acids is 1. The Morgan fingerprint density at radius 3 is 2.70 bits per heavy atom. The SMILES string of the molecule is Cn1cc(S(=O)(=O)N2CCCCC2CO)cc1C(=O)O. The summed E-state index contributed by atoms with van der Waals surface area (Å²) in [4.78, 5) is 10.9. The number of aromatic nitrogens is 1. The molecule has 8 heteroatoms. The molecule has 1 aliphatic heterocycles. The maximum absolute atomic E-state index is 12.6. The fourth-order valence-electron chi connectivity index (χ4n) is 2.50. The summed E-state index contributed by atoms with van der Waals surface area (Å²) in [5.74, 6) is -1.17. The van der Waals surface area contributed by atoms with Crippen LogP contribution in [0, 0.1) is 0 Å². The van der Waals surface area contributed by atoms with Gasteiger partial charge in [-0.15, -0.1) is 0 Å². The number of aromatic carboxylic acids is 1. The molecule has 2 N–H and O–H groups in total. The van der Waals surface area contributed by atoms with Crippen LogP contribution >= 0.6 is 0 Å². The van der Waals surface area contributed by atoms with Gasteiger partial charge in [-0.25, -0.2) is 13.2 Å². The summed E-state index contributed by atoms with van der Waals surface area (Å²) >= 11 is 0. The summed E-state index contributed by atoms with van der Waals surface area (Å²) in [5, 5.41) is 18.3. The second-order valence-corrected chi connectivity index (χ2v) is 6.82. The minimum atomic E-state index is -3.77. The maximum atomic E-state index is 12.6. The summed E-state index contributed by atoms with van der Waals surface area (Å²) in [5.41, 5.74) is -0.0823. The number of nitrogens with zero attached hydrogens (tertiary/aromatic N) is 2. The number of carboxylic acid groups (broad SMARTS) is 1. The third kappa shape index (κ3) is 2.58. The average Bonchev–Trinajstić information content (AvgIpc) is 2.81. The van der Waals surface area contributed by atoms with Crippen molar-refractivity contribution in [1.82, 2.24) is 8.87 Å². The first-order valence-corrected chi connectivity index (χ1v) is 7.84. The van der Waals surface area contributed by atoms with Crippen molar-refractivity contribution in [2.24, 2.45) is 7.05 Å². The molecule has 0 amide bonds. The molecule has 1 aliphatic rings. The number of rotatable bonds is 4. The van der Waals surface area contributed by atoms with Gasteiger partial charge in [0.1, 0.15) is 10.6 Å². The van der Waals surface area contributed by atoms with E-state index in [2.05, 4.69) is 0 Å². The molecule has 20 heavy (non-hydrogen) atoms. The first-order chi connectivity index (χ1) is 9.37. The van der Waals surface area contributed by atoms with Crippen molar-refractivity contribution in [3.8, 4) is 0 Å². The van der Waals surface area contributed by atoms with Gasteiger partial charge in [0.25, 0.3) is 0 Å². The molecule has 112 valence electrons. The van der Waals surface area contributed by atoms with Crippen LogP contribution in [0.3, 0.4) is 0 Å². The van der Waals surface area contributed by atoms with E-state index in [0.29, 0.717) is 13.0 Å². The minimum Gasteiger partial charge on any atom is -0.477 e. The molecule has 1 aromatic rings. The average molecular weight is 302 g/mol. The zero-order chi connectivity index (χ0) is 14.9. The Hall–Kier alpha value is -1.38. The molecule has 0 aromatic carbocycles. The largest absolute Gasteiger partial charge is 0.477 e. The van der Waals surface area contributed by atoms with Crippen LogP contribution in [0.25, 0.3) is 0 Å². The van der Waals surface area contributed by atoms with Crippen LogP contribution in [0.15, 0.2) is 17.2 Å². The van der Waals surface area contributed by atoms with Crippen LogP contribution in [-0.4, -0.2) is 52.7 Å². The molecule has 1 fully saturated rings. The number of hydrogen-bond acceptors (Lipinski definition) is 4. The van der Waals surface area contributed by atoms with Gasteiger partial charge in [-0.3, -0.25) is 0 Å². The second kappa shape index (κ2) is 5.55. The number of sulfonamides is 1. The van der Waals surface area contributed by atoms with E-state index < -0.39 is 22.0 Å². The highest BCUT2D eigenvalue weighted by molar-refractivity contribution is 7.89. The van der Waals surface area contributed by atoms with Gasteiger partial charge < -0.3 is 14.8 Å². The van der Waals surface area contributed by atoms with Crippen LogP contribution in [0.4, 0.5) is 0 Å². The predicted octanol–water partition coefficient (Wildman–Crippen LogP) is 0.259. The number of aryl methyl sites for hydroxylation is 1. The molecule has 1 saturated heterocycles. The zero-order valence-corrected chi connectivity index (χ0v) is 12.0. The van der Waals surface area contributed by atoms with E-state index >= 15 is 0 Å². The lowest BCUT2D eigenvalue weighted by Crippen LogP contribution is -2.45. The van der Waals surface area contributed by atoms with Gasteiger partial charge in [0.2, 0.25) is 10.0 Å². The molecule has 0 spiro atoms. The Kier molecular flexibility index (Phi) is 4.17. The molecular weight excluding hydrogens is 284 g/mol. The molecule has 2 rings (SSSR count). The fraction of sp³-hybridized carbons (Fsp3) is 0.583. The standard InChI is InChI=1S/C12H18N2O5S/c1-13-7-10(6-11(13)12(16)17)20(18,19)14-5-3-2-4-9(14)8-15/h6-7,9,15H,2-5,8H2,1H3,(H,16,17). The molecule has 0 radical (unpaired) electrons. The van der Waals surface area contributed by atoms with Gasteiger partial charge in [-0.2, -0.15) is 4.31 Å². The van der Waals surface area contributed by atoms with Crippen molar-refractivity contribution in [1.29, 1.82) is 0 Å². The Balaban J connectivity index is 2.39. The number of piperidine rings is 1. The lowest BCUT2D eigenvalue weighted by atomic mass is 10.1. The number of carbonyl (C=O) groups is 1. The highest BCUT2D eigenvalue weighted by Gasteiger charge is 2.34. The summed E-state index contributed by atoms with van der Waals surface area (Å²) in [6.45, 7) is 0.128. The maximum Gasteiger partial charge on any atom is 0.352 e. The Morgan fingerprint density at radius 2 is 2.15 bits per heavy atom. The van der Waals surface area contributed by atoms with Crippen molar-refractivity contribution in [3.05, 3.63) is 18.0 Å². The molecule has 1 unspecified atom stereocenters. The van der Waals surface area contributed by atoms with Crippen molar-refractivity contribution in [2.45, 2.75) is 30.2 Å². The van der Waals surface area contributed by atoms with Gasteiger partial charge in [-0.1, -0.05) is 6.42 Å². The van der Waals surface area contributed by atoms with E-state index in [1.807, 2.05) is 0 Å². The van der Waals surface area contributed by atoms with E-state index in [1.165, 1.54) is 22.1 Å². The van der Waals surface area contributed by atoms with E-state index in [-0.39, 0.29) is 17.2 Å². The van der Waals surface area contributed by atoms with Crippen LogP contribution in [-0.2, 0) is 17.1 Å². The molecule has 1 aromatic heterocycles. The van der Waals surface area contributed by atoms with Gasteiger partial charge in [-0.05, 0) is 18.9 Å². The highest BCUT2D eigenvalue weighted by Crippen LogP contribution is 2.26. The van der Waals surface area contributed by atoms with Crippen LogP contribution in [0.5, 0.6) is 0 Å². The highest BCUT2D eigenvalue weighted by atomic mass is 32.2. The first-order valence-electron chi connectivity index (χ1n) is 6.40. The lowest BCUT2D eigenvalue weighted by Gasteiger charge is -2.33. The summed E-state index contributed by atoms with van der Waals surface area (Å²) in [7, 11) is -2.28. The smallest absolute Gasteiger partial charge is 0.352 e. The summed E-state index contributed by atoms with van der Waals surface area (Å²) in [6, 6.07) is 0.725. The lowest BCUT2D eigenvalue weighted by molar-refractivity contribution is 0.0686. The number of aliphatic hydroxyl groups excluding tert-OH is 1. The van der Waals surface area contributed by atoms with Gasteiger partial charge in [0, 0.05) is 25.8 Å². The molecule has 2 heterocycles. The molecule has 7 nitrogen and oxygen atoms in total. The zero-order valence-electron chi connectivity index (χ0n) is 11.2. The number of hydrogen-bond donors (Lipinski definition) is 2. The first kappa shape index (κ1) is 15.0. The topological polar surface area (TPSA) is 99.8 Å². The van der Waals surface area contributed by atoms with Crippen LogP contribution < -0.4 is 0 Å². The second-order valence-electron chi connectivity index (χ2n) is 4.93. The van der Waals surface area contributed by atoms with E-state index in [9.17, 15) is 18.3 Å². The normalized spacial score (nSPS) is 21.0. The predicted molar refractivity (Wildman–Crippen MR) is 71.0 cm³/mol. The quantitative estimate of drug-likeness (QED) is 0.831. The van der Waals surface area contributed by atoms with Crippen LogP contribution in [0.2, 0.25) is 0 Å². The Morgan fingerprint density at radius 1 is 1.45 bits per heavy atom. The molecule has 0 bridgehead atoms. The molecule has 1 atom stereocenters. The minimum absolute atomic E-state index is 0.0438. The van der Waals surface area contributed by atoms with Crippen LogP contribution in [0.1, 0.15) is 29.8 Å². The van der Waals surface area contributed by atoms with E-state index in [4.69, 9.17) is 5.11 Å². The molecular formula is C12H18N2O5S. The van der Waals surface area contributed by atoms with E-state index in [0.717, 1.165) is 18.9 Å². The van der Waals surface area contributed by atoms with Crippen molar-refractivity contribution in [2.75, 3.05) is 13.2 Å². The van der Waals surface area contributed by atoms with Crippen molar-refractivity contribution >= 4 is 16.0 Å². The van der Waals surface area contributed by atoms with Crippen molar-refractivity contribution < 1.29 is 23.4 Å². The monoisotopic (exact) mass is 302 g/mol. The summed E-state index contributed by atoms with van der Waals surface area (Å²) < 4.78 is 27.7. The molecule has 0 saturated carbocycles. The third-order valence-corrected chi connectivity index (χ3v) is 5.51. The Labute approximate surface area is 117 Å². The summed E-state index contributed by atoms with van der Waals surface area (Å²) in [6.07, 6.45) is 3.54. The van der Waals surface area contributed by atoms with E-state index in [1.54, 1.807) is 0 Å². The third-order valence-electron chi connectivity index (χ3n) is 3.59. The van der Waals surface area contributed by atoms with Crippen molar-refractivity contribution in [3.63, 3.8) is 0 Å². The fourth-order valence-corrected chi connectivity index (χ4v) is 4.25.